The van der Waals surface area contributed by atoms with Crippen LogP contribution < -0.4 is 10.6 Å². The predicted molar refractivity (Wildman–Crippen MR) is 174 cm³/mol. The molecule has 3 aliphatic rings. The molecule has 1 aliphatic heterocycles. The van der Waals surface area contributed by atoms with Crippen molar-refractivity contribution >= 4 is 29.4 Å². The van der Waals surface area contributed by atoms with E-state index in [1.54, 1.807) is 57.2 Å². The fraction of sp³-hybridized carbons (Fsp3) is 0.528. The Bertz CT molecular complexity index is 1310. The van der Waals surface area contributed by atoms with Gasteiger partial charge in [-0.25, -0.2) is 4.79 Å². The lowest BCUT2D eigenvalue weighted by Crippen LogP contribution is -2.45. The monoisotopic (exact) mass is 636 g/mol. The molecule has 0 spiro atoms. The molecule has 10 heteroatoms. The van der Waals surface area contributed by atoms with E-state index in [-0.39, 0.29) is 35.9 Å². The van der Waals surface area contributed by atoms with Crippen LogP contribution in [0.1, 0.15) is 78.6 Å². The third-order valence-corrected chi connectivity index (χ3v) is 8.65. The van der Waals surface area contributed by atoms with Crippen molar-refractivity contribution in [3.05, 3.63) is 71.5 Å². The van der Waals surface area contributed by atoms with E-state index in [0.29, 0.717) is 18.4 Å². The van der Waals surface area contributed by atoms with Crippen molar-refractivity contribution in [1.82, 2.24) is 10.6 Å². The number of aliphatic hydroxyl groups excluding tert-OH is 1. The number of rotatable bonds is 5. The Morgan fingerprint density at radius 2 is 1.76 bits per heavy atom. The average Bonchev–Trinajstić information content (AvgIpc) is 3.04. The van der Waals surface area contributed by atoms with E-state index in [2.05, 4.69) is 10.6 Å². The van der Waals surface area contributed by atoms with Gasteiger partial charge < -0.3 is 25.2 Å². The van der Waals surface area contributed by atoms with Gasteiger partial charge in [-0.15, -0.1) is 0 Å². The summed E-state index contributed by atoms with van der Waals surface area (Å²) < 4.78 is 11.3. The van der Waals surface area contributed by atoms with E-state index in [1.807, 2.05) is 6.08 Å². The third-order valence-electron chi connectivity index (χ3n) is 8.65. The van der Waals surface area contributed by atoms with Crippen molar-refractivity contribution in [3.8, 4) is 0 Å². The molecule has 1 saturated carbocycles. The smallest absolute Gasteiger partial charge is 0.328 e. The topological polar surface area (TPSA) is 148 Å². The first-order valence-corrected chi connectivity index (χ1v) is 16.2. The van der Waals surface area contributed by atoms with E-state index in [0.717, 1.165) is 38.2 Å². The molecule has 250 valence electrons. The van der Waals surface area contributed by atoms with Gasteiger partial charge in [0.15, 0.2) is 5.78 Å². The summed E-state index contributed by atoms with van der Waals surface area (Å²) in [6.45, 7) is 5.16. The number of fused-ring (bicyclic) bond motifs is 2. The number of hydrogen-bond donors (Lipinski definition) is 3. The zero-order valence-corrected chi connectivity index (χ0v) is 27.3. The van der Waals surface area contributed by atoms with Crippen molar-refractivity contribution in [2.24, 2.45) is 11.8 Å². The first-order valence-electron chi connectivity index (χ1n) is 16.2. The molecule has 2 bridgehead atoms. The zero-order valence-electron chi connectivity index (χ0n) is 27.3. The summed E-state index contributed by atoms with van der Waals surface area (Å²) in [7, 11) is 1.47. The highest BCUT2D eigenvalue weighted by Crippen LogP contribution is 2.25. The highest BCUT2D eigenvalue weighted by atomic mass is 16.5. The molecule has 46 heavy (non-hydrogen) atoms. The van der Waals surface area contributed by atoms with Crippen molar-refractivity contribution in [3.63, 3.8) is 0 Å². The molecule has 0 aromatic heterocycles. The highest BCUT2D eigenvalue weighted by Gasteiger charge is 2.31. The number of ketones is 2. The molecular weight excluding hydrogens is 588 g/mol. The highest BCUT2D eigenvalue weighted by molar-refractivity contribution is 6.21. The Kier molecular flexibility index (Phi) is 14.6. The summed E-state index contributed by atoms with van der Waals surface area (Å²) in [5.41, 5.74) is 0.803. The van der Waals surface area contributed by atoms with Gasteiger partial charge in [-0.1, -0.05) is 68.7 Å². The molecular formula is C36H48N2O8. The number of amides is 2. The van der Waals surface area contributed by atoms with Crippen molar-refractivity contribution < 1.29 is 38.6 Å². The maximum Gasteiger partial charge on any atom is 0.328 e. The van der Waals surface area contributed by atoms with Crippen molar-refractivity contribution in [1.29, 1.82) is 0 Å². The Morgan fingerprint density at radius 1 is 1.04 bits per heavy atom. The molecule has 1 fully saturated rings. The van der Waals surface area contributed by atoms with Crippen LogP contribution in [0.2, 0.25) is 0 Å². The summed E-state index contributed by atoms with van der Waals surface area (Å²) in [4.78, 5) is 63.8. The fourth-order valence-electron chi connectivity index (χ4n) is 5.73. The van der Waals surface area contributed by atoms with E-state index in [1.165, 1.54) is 13.2 Å². The molecule has 0 aromatic carbocycles. The minimum Gasteiger partial charge on any atom is -0.460 e. The molecule has 0 saturated heterocycles. The van der Waals surface area contributed by atoms with Crippen LogP contribution in [0.3, 0.4) is 0 Å². The molecule has 2 amide bonds. The van der Waals surface area contributed by atoms with Gasteiger partial charge in [0.1, 0.15) is 12.1 Å². The van der Waals surface area contributed by atoms with Crippen LogP contribution in [-0.2, 0) is 33.4 Å². The number of methoxy groups -OCH3 is 1. The molecule has 0 aromatic rings. The number of hydrogen-bond acceptors (Lipinski definition) is 8. The average molecular weight is 637 g/mol. The molecule has 3 rings (SSSR count). The number of Topliss-reactive ketones (excluding diaryl/α,β-unsaturated/α-hetero) is 1. The Labute approximate surface area is 271 Å². The van der Waals surface area contributed by atoms with Gasteiger partial charge in [-0.05, 0) is 51.2 Å². The number of ether oxygens (including phenoxy) is 2. The largest absolute Gasteiger partial charge is 0.460 e. The van der Waals surface area contributed by atoms with Crippen LogP contribution in [0, 0.1) is 11.8 Å². The summed E-state index contributed by atoms with van der Waals surface area (Å²) in [6.07, 6.45) is 18.1. The molecule has 10 nitrogen and oxygen atoms in total. The number of allylic oxidation sites excluding steroid dienone is 8. The Hall–Kier alpha value is -3.89. The van der Waals surface area contributed by atoms with Crippen LogP contribution in [-0.4, -0.2) is 65.9 Å². The van der Waals surface area contributed by atoms with E-state index in [9.17, 15) is 29.1 Å². The second kappa shape index (κ2) is 18.3. The maximum absolute atomic E-state index is 13.1. The standard InChI is InChI=1S/C36H48N2O8/c1-23-14-13-17-27-20-28(39)21-30(34(27)42)38-32(40)22-29(45-4)18-11-6-5-7-12-19-31(24(2)33(23)41)46-36(44)25(3)37-35(43)26-15-9-8-10-16-26/h5-7,11-12,14,18,20-21,24-26,29,31,33,41H,8-10,13,15-17,19,22H2,1-4H3,(H,37,43)(H,38,40)/b6-5+,12-7+,18-11+,23-14-/t24-,25-,29-,31+,33-/m0/s1. The first-order chi connectivity index (χ1) is 22.0. The van der Waals surface area contributed by atoms with Crippen LogP contribution >= 0.6 is 0 Å². The summed E-state index contributed by atoms with van der Waals surface area (Å²) >= 11 is 0. The van der Waals surface area contributed by atoms with E-state index < -0.39 is 53.7 Å². The second-order valence-corrected chi connectivity index (χ2v) is 12.3. The molecule has 3 N–H and O–H groups in total. The quantitative estimate of drug-likeness (QED) is 0.230. The number of carbonyl (C=O) groups is 5. The number of nitrogens with one attached hydrogen (secondary N) is 2. The zero-order chi connectivity index (χ0) is 33.6. The van der Waals surface area contributed by atoms with Gasteiger partial charge in [0.05, 0.1) is 24.3 Å². The SMILES string of the molecule is CO[C@H]1/C=C/C=C/C=C/C[C@@H](OC(=O)[C@H](C)NC(=O)C2CCCCC2)[C@H](C)[C@@H](O)/C(C)=C\CCC2=CC(=O)C=C(NC(=O)C1)C2=O. The van der Waals surface area contributed by atoms with Gasteiger partial charge in [0.2, 0.25) is 17.6 Å². The molecule has 0 radical (unpaired) electrons. The van der Waals surface area contributed by atoms with Gasteiger partial charge in [0, 0.05) is 37.0 Å². The number of carbonyl (C=O) groups excluding carboxylic acids is 5. The van der Waals surface area contributed by atoms with Crippen LogP contribution in [0.5, 0.6) is 0 Å². The van der Waals surface area contributed by atoms with E-state index in [4.69, 9.17) is 9.47 Å². The van der Waals surface area contributed by atoms with Crippen LogP contribution in [0.15, 0.2) is 71.5 Å². The normalized spacial score (nSPS) is 29.8. The van der Waals surface area contributed by atoms with Gasteiger partial charge in [-0.2, -0.15) is 0 Å². The summed E-state index contributed by atoms with van der Waals surface area (Å²) in [5.74, 6) is -2.59. The second-order valence-electron chi connectivity index (χ2n) is 12.3. The summed E-state index contributed by atoms with van der Waals surface area (Å²) in [5, 5.41) is 16.6. The minimum absolute atomic E-state index is 0.0567. The van der Waals surface area contributed by atoms with Gasteiger partial charge in [-0.3, -0.25) is 19.2 Å². The predicted octanol–water partition coefficient (Wildman–Crippen LogP) is 4.26. The van der Waals surface area contributed by atoms with Crippen molar-refractivity contribution in [2.45, 2.75) is 103 Å². The van der Waals surface area contributed by atoms with Gasteiger partial charge in [0.25, 0.3) is 0 Å². The lowest BCUT2D eigenvalue weighted by atomic mass is 9.88. The maximum atomic E-state index is 13.1. The lowest BCUT2D eigenvalue weighted by molar-refractivity contribution is -0.156. The first kappa shape index (κ1) is 36.6. The molecule has 5 atom stereocenters. The van der Waals surface area contributed by atoms with Crippen molar-refractivity contribution in [2.75, 3.05) is 7.11 Å². The van der Waals surface area contributed by atoms with Crippen LogP contribution in [0.25, 0.3) is 0 Å². The molecule has 2 aliphatic carbocycles. The third kappa shape index (κ3) is 11.2. The lowest BCUT2D eigenvalue weighted by Gasteiger charge is -2.29. The van der Waals surface area contributed by atoms with Crippen LogP contribution in [0.4, 0.5) is 0 Å². The van der Waals surface area contributed by atoms with Gasteiger partial charge >= 0.3 is 5.97 Å². The molecule has 1 heterocycles. The summed E-state index contributed by atoms with van der Waals surface area (Å²) in [6, 6.07) is -0.840. The minimum atomic E-state index is -0.968. The Balaban J connectivity index is 1.79. The number of esters is 1. The fourth-order valence-corrected chi connectivity index (χ4v) is 5.73. The van der Waals surface area contributed by atoms with E-state index >= 15 is 0 Å². The Morgan fingerprint density at radius 3 is 2.48 bits per heavy atom. The molecule has 0 unspecified atom stereocenters. The number of aliphatic hydroxyl groups is 1.